The fourth-order valence-electron chi connectivity index (χ4n) is 6.87. The Kier molecular flexibility index (Phi) is 11.6. The van der Waals surface area contributed by atoms with Crippen LogP contribution in [0.5, 0.6) is 0 Å². The van der Waals surface area contributed by atoms with Gasteiger partial charge in [0, 0.05) is 54.9 Å². The van der Waals surface area contributed by atoms with Crippen molar-refractivity contribution in [2.45, 2.75) is 78.7 Å². The highest BCUT2D eigenvalue weighted by Crippen LogP contribution is 2.29. The van der Waals surface area contributed by atoms with Crippen molar-refractivity contribution in [2.24, 2.45) is 17.8 Å². The lowest BCUT2D eigenvalue weighted by Crippen LogP contribution is -2.37. The van der Waals surface area contributed by atoms with E-state index < -0.39 is 0 Å². The van der Waals surface area contributed by atoms with E-state index in [1.54, 1.807) is 11.3 Å². The highest BCUT2D eigenvalue weighted by Gasteiger charge is 2.27. The van der Waals surface area contributed by atoms with Crippen LogP contribution in [-0.4, -0.2) is 52.3 Å². The molecule has 45 heavy (non-hydrogen) atoms. The van der Waals surface area contributed by atoms with Crippen molar-refractivity contribution in [3.63, 3.8) is 0 Å². The molecule has 1 saturated heterocycles. The molecule has 2 aromatic carbocycles. The van der Waals surface area contributed by atoms with Gasteiger partial charge in [-0.25, -0.2) is 4.98 Å². The lowest BCUT2D eigenvalue weighted by atomic mass is 9.89. The van der Waals surface area contributed by atoms with E-state index in [2.05, 4.69) is 96.4 Å². The quantitative estimate of drug-likeness (QED) is 0.128. The average molecular weight is 627 g/mol. The molecule has 0 saturated carbocycles. The largest absolute Gasteiger partial charge is 0.356 e. The Bertz CT molecular complexity index is 1520. The Morgan fingerprint density at radius 2 is 1.84 bits per heavy atom. The second-order valence-electron chi connectivity index (χ2n) is 13.2. The first-order chi connectivity index (χ1) is 21.8. The van der Waals surface area contributed by atoms with Gasteiger partial charge in [-0.05, 0) is 85.7 Å². The molecule has 1 fully saturated rings. The smallest absolute Gasteiger partial charge is 0.223 e. The summed E-state index contributed by atoms with van der Waals surface area (Å²) in [5.74, 6) is 1.52. The molecule has 0 radical (unpaired) electrons. The molecule has 2 aromatic heterocycles. The van der Waals surface area contributed by atoms with Crippen LogP contribution in [0.25, 0.3) is 11.0 Å². The minimum absolute atomic E-state index is 0.0112. The number of ketones is 1. The molecule has 1 unspecified atom stereocenters. The minimum Gasteiger partial charge on any atom is -0.356 e. The van der Waals surface area contributed by atoms with Gasteiger partial charge in [0.1, 0.15) is 5.82 Å². The van der Waals surface area contributed by atoms with Crippen LogP contribution in [0, 0.1) is 17.8 Å². The molecule has 0 spiro atoms. The van der Waals surface area contributed by atoms with E-state index in [9.17, 15) is 9.59 Å². The van der Waals surface area contributed by atoms with Crippen LogP contribution in [-0.2, 0) is 17.6 Å². The molecule has 3 heterocycles. The molecule has 1 aliphatic rings. The minimum atomic E-state index is -0.333. The zero-order valence-corrected chi connectivity index (χ0v) is 28.3. The number of nitrogens with zero attached hydrogens (tertiary/aromatic N) is 3. The Morgan fingerprint density at radius 1 is 1.04 bits per heavy atom. The van der Waals surface area contributed by atoms with Crippen molar-refractivity contribution in [1.29, 1.82) is 0 Å². The van der Waals surface area contributed by atoms with E-state index >= 15 is 0 Å². The number of imidazole rings is 1. The molecule has 0 aliphatic carbocycles. The number of Topliss-reactive ketones (excluding diaryl/α,β-unsaturated/α-hetero) is 1. The third-order valence-corrected chi connectivity index (χ3v) is 10.2. The normalized spacial score (nSPS) is 16.2. The van der Waals surface area contributed by atoms with E-state index in [0.717, 1.165) is 68.6 Å². The third-order valence-electron chi connectivity index (χ3n) is 9.36. The van der Waals surface area contributed by atoms with Gasteiger partial charge in [0.2, 0.25) is 5.91 Å². The van der Waals surface area contributed by atoms with E-state index in [1.807, 2.05) is 12.1 Å². The first-order valence-electron chi connectivity index (χ1n) is 16.9. The van der Waals surface area contributed by atoms with Gasteiger partial charge in [0.05, 0.1) is 11.0 Å². The SMILES string of the molecule is CCC(CC)n1c(Cc2cccs2)nc2cc(C(=O)C[C@@H](CC(C)C)C(=O)NCC3CCN(CCc4ccccc4)C3)ccc21. The molecule has 2 atom stereocenters. The summed E-state index contributed by atoms with van der Waals surface area (Å²) in [4.78, 5) is 36.0. The summed E-state index contributed by atoms with van der Waals surface area (Å²) in [5, 5.41) is 5.34. The highest BCUT2D eigenvalue weighted by atomic mass is 32.1. The summed E-state index contributed by atoms with van der Waals surface area (Å²) in [7, 11) is 0. The molecule has 7 heteroatoms. The lowest BCUT2D eigenvalue weighted by Gasteiger charge is -2.20. The van der Waals surface area contributed by atoms with Crippen molar-refractivity contribution < 1.29 is 9.59 Å². The van der Waals surface area contributed by atoms with Crippen LogP contribution in [0.2, 0.25) is 0 Å². The number of aromatic nitrogens is 2. The molecule has 1 N–H and O–H groups in total. The maximum Gasteiger partial charge on any atom is 0.223 e. The van der Waals surface area contributed by atoms with Gasteiger partial charge >= 0.3 is 0 Å². The predicted octanol–water partition coefficient (Wildman–Crippen LogP) is 7.97. The summed E-state index contributed by atoms with van der Waals surface area (Å²) < 4.78 is 2.38. The first kappa shape index (κ1) is 33.1. The summed E-state index contributed by atoms with van der Waals surface area (Å²) in [6, 6.07) is 21.2. The van der Waals surface area contributed by atoms with E-state index in [4.69, 9.17) is 4.98 Å². The summed E-state index contributed by atoms with van der Waals surface area (Å²) >= 11 is 1.75. The second kappa shape index (κ2) is 15.8. The van der Waals surface area contributed by atoms with Crippen molar-refractivity contribution in [2.75, 3.05) is 26.2 Å². The molecular formula is C38H50N4O2S. The van der Waals surface area contributed by atoms with Gasteiger partial charge in [-0.15, -0.1) is 11.3 Å². The summed E-state index contributed by atoms with van der Waals surface area (Å²) in [6.45, 7) is 12.5. The number of hydrogen-bond acceptors (Lipinski definition) is 5. The number of nitrogens with one attached hydrogen (secondary N) is 1. The Hall–Kier alpha value is -3.29. The van der Waals surface area contributed by atoms with Crippen LogP contribution in [0.4, 0.5) is 0 Å². The number of carbonyl (C=O) groups excluding carboxylic acids is 2. The summed E-state index contributed by atoms with van der Waals surface area (Å²) in [6.07, 6.45) is 5.91. The van der Waals surface area contributed by atoms with Crippen LogP contribution in [0.15, 0.2) is 66.0 Å². The number of thiophene rings is 1. The number of fused-ring (bicyclic) bond motifs is 1. The number of rotatable bonds is 16. The third kappa shape index (κ3) is 8.71. The molecule has 240 valence electrons. The second-order valence-corrected chi connectivity index (χ2v) is 14.3. The Morgan fingerprint density at radius 3 is 2.56 bits per heavy atom. The lowest BCUT2D eigenvalue weighted by molar-refractivity contribution is -0.125. The van der Waals surface area contributed by atoms with E-state index in [1.165, 1.54) is 10.4 Å². The molecule has 5 rings (SSSR count). The zero-order chi connectivity index (χ0) is 31.8. The van der Waals surface area contributed by atoms with Crippen LogP contribution >= 0.6 is 11.3 Å². The zero-order valence-electron chi connectivity index (χ0n) is 27.5. The van der Waals surface area contributed by atoms with Crippen molar-refractivity contribution in [3.05, 3.63) is 87.9 Å². The molecule has 0 bridgehead atoms. The Balaban J connectivity index is 1.22. The van der Waals surface area contributed by atoms with Crippen LogP contribution < -0.4 is 5.32 Å². The first-order valence-corrected chi connectivity index (χ1v) is 17.8. The molecular weight excluding hydrogens is 577 g/mol. The number of hydrogen-bond donors (Lipinski definition) is 1. The average Bonchev–Trinajstić information content (AvgIpc) is 3.80. The number of carbonyl (C=O) groups is 2. The molecule has 4 aromatic rings. The topological polar surface area (TPSA) is 67.2 Å². The van der Waals surface area contributed by atoms with Gasteiger partial charge in [0.15, 0.2) is 5.78 Å². The van der Waals surface area contributed by atoms with E-state index in [0.29, 0.717) is 36.4 Å². The fourth-order valence-corrected chi connectivity index (χ4v) is 7.58. The fraction of sp³-hybridized carbons (Fsp3) is 0.500. The standard InChI is InChI=1S/C38H50N4O2S/c1-5-32(6-2)42-35-15-14-30(22-34(35)40-37(42)24-33-13-10-20-45-33)36(43)23-31(21-27(3)4)38(44)39-25-29-17-19-41(26-29)18-16-28-11-8-7-9-12-28/h7-15,20,22,27,29,31-32H,5-6,16-19,21,23-26H2,1-4H3,(H,39,44)/t29?,31-/m1/s1. The summed E-state index contributed by atoms with van der Waals surface area (Å²) in [5.41, 5.74) is 3.96. The number of benzene rings is 2. The molecule has 6 nitrogen and oxygen atoms in total. The van der Waals surface area contributed by atoms with Crippen LogP contribution in [0.3, 0.4) is 0 Å². The van der Waals surface area contributed by atoms with Crippen molar-refractivity contribution >= 4 is 34.1 Å². The van der Waals surface area contributed by atoms with Gasteiger partial charge in [-0.3, -0.25) is 9.59 Å². The maximum absolute atomic E-state index is 13.7. The van der Waals surface area contributed by atoms with E-state index in [-0.39, 0.29) is 24.0 Å². The van der Waals surface area contributed by atoms with Crippen molar-refractivity contribution in [3.8, 4) is 0 Å². The molecule has 1 aliphatic heterocycles. The molecule has 1 amide bonds. The number of amides is 1. The van der Waals surface area contributed by atoms with Gasteiger partial charge in [-0.2, -0.15) is 0 Å². The van der Waals surface area contributed by atoms with Gasteiger partial charge in [0.25, 0.3) is 0 Å². The van der Waals surface area contributed by atoms with Crippen LogP contribution in [0.1, 0.15) is 92.5 Å². The predicted molar refractivity (Wildman–Crippen MR) is 186 cm³/mol. The maximum atomic E-state index is 13.7. The monoisotopic (exact) mass is 626 g/mol. The highest BCUT2D eigenvalue weighted by molar-refractivity contribution is 7.09. The Labute approximate surface area is 273 Å². The number of likely N-dealkylation sites (tertiary alicyclic amines) is 1. The van der Waals surface area contributed by atoms with Gasteiger partial charge in [-0.1, -0.05) is 64.1 Å². The van der Waals surface area contributed by atoms with Crippen molar-refractivity contribution in [1.82, 2.24) is 19.8 Å². The van der Waals surface area contributed by atoms with Gasteiger partial charge < -0.3 is 14.8 Å².